The Bertz CT molecular complexity index is 1550. The molecular weight excluding hydrogens is 1010 g/mol. The lowest BCUT2D eigenvalue weighted by molar-refractivity contribution is -0.167. The van der Waals surface area contributed by atoms with Crippen molar-refractivity contribution in [1.82, 2.24) is 0 Å². The Morgan fingerprint density at radius 1 is 0.244 bits per heavy atom. The number of rotatable bonds is 65. The molecule has 0 radical (unpaired) electrons. The molecule has 0 heterocycles. The molecule has 6 nitrogen and oxygen atoms in total. The number of unbranched alkanes of at least 4 members (excludes halogenated alkanes) is 40. The van der Waals surface area contributed by atoms with Crippen LogP contribution in [0.2, 0.25) is 0 Å². The molecule has 0 rings (SSSR count). The van der Waals surface area contributed by atoms with Crippen molar-refractivity contribution >= 4 is 17.9 Å². The Kier molecular flexibility index (Phi) is 67.2. The van der Waals surface area contributed by atoms with Gasteiger partial charge in [-0.3, -0.25) is 14.4 Å². The number of allylic oxidation sites excluding steroid dienone is 14. The van der Waals surface area contributed by atoms with Crippen molar-refractivity contribution in [3.05, 3.63) is 85.1 Å². The van der Waals surface area contributed by atoms with E-state index in [9.17, 15) is 14.4 Å². The number of hydrogen-bond acceptors (Lipinski definition) is 6. The Morgan fingerprint density at radius 2 is 0.439 bits per heavy atom. The van der Waals surface area contributed by atoms with Crippen LogP contribution in [-0.4, -0.2) is 37.2 Å². The molecule has 0 spiro atoms. The molecule has 6 heteroatoms. The molecule has 0 aromatic rings. The maximum absolute atomic E-state index is 13.0. The smallest absolute Gasteiger partial charge is 0.306 e. The van der Waals surface area contributed by atoms with Gasteiger partial charge in [0.15, 0.2) is 6.10 Å². The lowest BCUT2D eigenvalue weighted by atomic mass is 10.1. The molecule has 1 atom stereocenters. The fraction of sp³-hybridized carbons (Fsp3) is 0.776. The van der Waals surface area contributed by atoms with E-state index in [1.54, 1.807) is 0 Å². The third-order valence-corrected chi connectivity index (χ3v) is 15.6. The van der Waals surface area contributed by atoms with Crippen LogP contribution in [0, 0.1) is 0 Å². The van der Waals surface area contributed by atoms with Crippen LogP contribution < -0.4 is 0 Å². The highest BCUT2D eigenvalue weighted by atomic mass is 16.6. The Hall–Kier alpha value is -3.41. The van der Waals surface area contributed by atoms with Crippen molar-refractivity contribution in [1.29, 1.82) is 0 Å². The van der Waals surface area contributed by atoms with E-state index >= 15 is 0 Å². The van der Waals surface area contributed by atoms with Gasteiger partial charge in [-0.25, -0.2) is 0 Å². The summed E-state index contributed by atoms with van der Waals surface area (Å²) in [5.41, 5.74) is 0. The zero-order chi connectivity index (χ0) is 59.2. The fourth-order valence-electron chi connectivity index (χ4n) is 10.2. The predicted octanol–water partition coefficient (Wildman–Crippen LogP) is 24.6. The minimum Gasteiger partial charge on any atom is -0.462 e. The van der Waals surface area contributed by atoms with Gasteiger partial charge in [0.25, 0.3) is 0 Å². The van der Waals surface area contributed by atoms with E-state index in [0.717, 1.165) is 96.3 Å². The van der Waals surface area contributed by atoms with Gasteiger partial charge in [0.2, 0.25) is 0 Å². The number of carbonyl (C=O) groups excluding carboxylic acids is 3. The molecule has 474 valence electrons. The summed E-state index contributed by atoms with van der Waals surface area (Å²) >= 11 is 0. The Morgan fingerprint density at radius 3 is 0.695 bits per heavy atom. The zero-order valence-corrected chi connectivity index (χ0v) is 54.5. The van der Waals surface area contributed by atoms with Crippen molar-refractivity contribution in [3.8, 4) is 0 Å². The molecule has 0 saturated carbocycles. The molecule has 0 amide bonds. The van der Waals surface area contributed by atoms with E-state index in [2.05, 4.69) is 106 Å². The SMILES string of the molecule is CCCCCCC/C=C\C/C=C\C/C=C\CCCCCCCCCCCCC(=O)OCC(COC(=O)CCCCCCC/C=C\CCCCCCCCC)OC(=O)CCCCCCCCCC/C=C\C/C=C\C/C=C\CCCCCCC. The molecular formula is C76H134O6. The largest absolute Gasteiger partial charge is 0.462 e. The normalized spacial score (nSPS) is 12.6. The van der Waals surface area contributed by atoms with Crippen LogP contribution in [0.4, 0.5) is 0 Å². The molecule has 82 heavy (non-hydrogen) atoms. The summed E-state index contributed by atoms with van der Waals surface area (Å²) < 4.78 is 17.0. The summed E-state index contributed by atoms with van der Waals surface area (Å²) in [6, 6.07) is 0. The maximum atomic E-state index is 13.0. The summed E-state index contributed by atoms with van der Waals surface area (Å²) in [7, 11) is 0. The van der Waals surface area contributed by atoms with E-state index in [1.165, 1.54) is 225 Å². The second kappa shape index (κ2) is 70.1. The van der Waals surface area contributed by atoms with Gasteiger partial charge in [-0.15, -0.1) is 0 Å². The van der Waals surface area contributed by atoms with E-state index in [-0.39, 0.29) is 31.1 Å². The Labute approximate surface area is 509 Å². The van der Waals surface area contributed by atoms with Gasteiger partial charge in [-0.2, -0.15) is 0 Å². The zero-order valence-electron chi connectivity index (χ0n) is 54.5. The lowest BCUT2D eigenvalue weighted by Crippen LogP contribution is -2.30. The van der Waals surface area contributed by atoms with E-state index < -0.39 is 6.10 Å². The molecule has 0 aliphatic heterocycles. The van der Waals surface area contributed by atoms with Gasteiger partial charge < -0.3 is 14.2 Å². The van der Waals surface area contributed by atoms with Crippen molar-refractivity contribution < 1.29 is 28.6 Å². The summed E-state index contributed by atoms with van der Waals surface area (Å²) in [5, 5.41) is 0. The van der Waals surface area contributed by atoms with Crippen molar-refractivity contribution in [2.45, 2.75) is 367 Å². The van der Waals surface area contributed by atoms with Crippen LogP contribution in [0.5, 0.6) is 0 Å². The van der Waals surface area contributed by atoms with E-state index in [1.807, 2.05) is 0 Å². The van der Waals surface area contributed by atoms with Crippen LogP contribution in [0.25, 0.3) is 0 Å². The first-order chi connectivity index (χ1) is 40.5. The van der Waals surface area contributed by atoms with Crippen molar-refractivity contribution in [2.24, 2.45) is 0 Å². The number of hydrogen-bond donors (Lipinski definition) is 0. The van der Waals surface area contributed by atoms with Gasteiger partial charge >= 0.3 is 17.9 Å². The third-order valence-electron chi connectivity index (χ3n) is 15.6. The van der Waals surface area contributed by atoms with E-state index in [0.29, 0.717) is 19.3 Å². The third kappa shape index (κ3) is 67.4. The van der Waals surface area contributed by atoms with Crippen LogP contribution in [0.15, 0.2) is 85.1 Å². The molecule has 0 N–H and O–H groups in total. The standard InChI is InChI=1S/C76H134O6/c1-4-7-10-13-16-19-22-25-28-31-33-35-37-38-40-41-43-45-48-51-54-57-60-63-66-69-75(78)81-72-73(71-80-74(77)68-65-62-59-56-53-50-47-30-27-24-21-18-15-12-9-6-3)82-76(79)70-67-64-61-58-55-52-49-46-44-42-39-36-34-32-29-26-23-20-17-14-11-8-5-2/h22-23,25-26,30-34,37-39,42,47,73H,4-21,24,27-29,35-36,40-41,43-46,48-72H2,1-3H3/b25-22-,26-23-,33-31-,34-32-,38-37-,42-39-,47-30-. The quantitative estimate of drug-likeness (QED) is 0.0261. The van der Waals surface area contributed by atoms with Crippen molar-refractivity contribution in [2.75, 3.05) is 13.2 Å². The maximum Gasteiger partial charge on any atom is 0.306 e. The first kappa shape index (κ1) is 78.6. The number of esters is 3. The Balaban J connectivity index is 4.37. The van der Waals surface area contributed by atoms with Gasteiger partial charge in [-0.05, 0) is 122 Å². The minimum atomic E-state index is -0.788. The summed E-state index contributed by atoms with van der Waals surface area (Å²) in [6.45, 7) is 6.64. The van der Waals surface area contributed by atoms with Gasteiger partial charge in [0.1, 0.15) is 13.2 Å². The highest BCUT2D eigenvalue weighted by molar-refractivity contribution is 5.71. The molecule has 0 aromatic carbocycles. The molecule has 0 fully saturated rings. The first-order valence-corrected chi connectivity index (χ1v) is 35.6. The molecule has 0 aromatic heterocycles. The molecule has 0 aliphatic rings. The fourth-order valence-corrected chi connectivity index (χ4v) is 10.2. The van der Waals surface area contributed by atoms with Crippen LogP contribution in [0.3, 0.4) is 0 Å². The van der Waals surface area contributed by atoms with Crippen molar-refractivity contribution in [3.63, 3.8) is 0 Å². The highest BCUT2D eigenvalue weighted by Gasteiger charge is 2.19. The molecule has 0 saturated heterocycles. The second-order valence-electron chi connectivity index (χ2n) is 23.8. The number of ether oxygens (including phenoxy) is 3. The predicted molar refractivity (Wildman–Crippen MR) is 358 cm³/mol. The summed E-state index contributed by atoms with van der Waals surface area (Å²) in [4.78, 5) is 38.5. The monoisotopic (exact) mass is 1140 g/mol. The summed E-state index contributed by atoms with van der Waals surface area (Å²) in [5.74, 6) is -0.885. The minimum absolute atomic E-state index is 0.0829. The van der Waals surface area contributed by atoms with Gasteiger partial charge in [0, 0.05) is 19.3 Å². The number of carbonyl (C=O) groups is 3. The van der Waals surface area contributed by atoms with E-state index in [4.69, 9.17) is 14.2 Å². The van der Waals surface area contributed by atoms with Gasteiger partial charge in [0.05, 0.1) is 0 Å². The average Bonchev–Trinajstić information content (AvgIpc) is 3.47. The molecule has 0 aliphatic carbocycles. The summed E-state index contributed by atoms with van der Waals surface area (Å²) in [6.07, 6.45) is 93.1. The van der Waals surface area contributed by atoms with Crippen LogP contribution in [-0.2, 0) is 28.6 Å². The van der Waals surface area contributed by atoms with Crippen LogP contribution in [0.1, 0.15) is 361 Å². The average molecular weight is 1140 g/mol. The lowest BCUT2D eigenvalue weighted by Gasteiger charge is -2.18. The van der Waals surface area contributed by atoms with Gasteiger partial charge in [-0.1, -0.05) is 305 Å². The molecule has 0 bridgehead atoms. The second-order valence-corrected chi connectivity index (χ2v) is 23.8. The topological polar surface area (TPSA) is 78.9 Å². The molecule has 1 unspecified atom stereocenters. The van der Waals surface area contributed by atoms with Crippen LogP contribution >= 0.6 is 0 Å². The first-order valence-electron chi connectivity index (χ1n) is 35.6. The highest BCUT2D eigenvalue weighted by Crippen LogP contribution is 2.17.